The molecule has 1 saturated heterocycles. The smallest absolute Gasteiger partial charge is 0.133 e. The van der Waals surface area contributed by atoms with Crippen LogP contribution < -0.4 is 0 Å². The Morgan fingerprint density at radius 2 is 1.95 bits per heavy atom. The fraction of sp³-hybridized carbons (Fsp3) is 0.471. The van der Waals surface area contributed by atoms with Crippen LogP contribution in [-0.4, -0.2) is 38.0 Å². The van der Waals surface area contributed by atoms with Crippen LogP contribution in [0.4, 0.5) is 0 Å². The second-order valence-electron chi connectivity index (χ2n) is 6.04. The molecule has 5 heteroatoms. The molecular weight excluding hydrogens is 278 g/mol. The van der Waals surface area contributed by atoms with E-state index in [1.165, 1.54) is 0 Å². The van der Waals surface area contributed by atoms with Gasteiger partial charge in [0, 0.05) is 32.3 Å². The first kappa shape index (κ1) is 15.2. The summed E-state index contributed by atoms with van der Waals surface area (Å²) in [6.07, 6.45) is 2.58. The van der Waals surface area contributed by atoms with Crippen LogP contribution in [0.1, 0.15) is 36.4 Å². The molecule has 2 unspecified atom stereocenters. The molecule has 0 amide bonds. The molecule has 0 bridgehead atoms. The van der Waals surface area contributed by atoms with E-state index in [0.29, 0.717) is 12.2 Å². The van der Waals surface area contributed by atoms with E-state index in [0.717, 1.165) is 24.9 Å². The molecule has 1 aromatic heterocycles. The molecule has 3 rings (SSSR count). The molecule has 5 nitrogen and oxygen atoms in total. The summed E-state index contributed by atoms with van der Waals surface area (Å²) in [7, 11) is 1.85. The maximum absolute atomic E-state index is 10.5. The summed E-state index contributed by atoms with van der Waals surface area (Å²) in [4.78, 5) is 2.04. The zero-order chi connectivity index (χ0) is 15.5. The van der Waals surface area contributed by atoms with Gasteiger partial charge in [0.15, 0.2) is 0 Å². The average molecular weight is 301 g/mol. The van der Waals surface area contributed by atoms with Gasteiger partial charge < -0.3 is 10.2 Å². The molecule has 1 aliphatic heterocycles. The number of likely N-dealkylation sites (tertiary alicyclic amines) is 1. The van der Waals surface area contributed by atoms with Crippen LogP contribution in [0.15, 0.2) is 42.6 Å². The Morgan fingerprint density at radius 3 is 2.64 bits per heavy atom. The molecule has 2 aromatic rings. The van der Waals surface area contributed by atoms with E-state index < -0.39 is 12.3 Å². The van der Waals surface area contributed by atoms with Crippen molar-refractivity contribution in [2.75, 3.05) is 13.1 Å². The van der Waals surface area contributed by atoms with Crippen molar-refractivity contribution in [3.05, 3.63) is 53.9 Å². The van der Waals surface area contributed by atoms with Crippen LogP contribution in [0.3, 0.4) is 0 Å². The number of hydrogen-bond acceptors (Lipinski definition) is 4. The minimum absolute atomic E-state index is 0.0991. The van der Waals surface area contributed by atoms with Gasteiger partial charge in [-0.1, -0.05) is 30.3 Å². The van der Waals surface area contributed by atoms with Gasteiger partial charge in [-0.3, -0.25) is 9.58 Å². The topological polar surface area (TPSA) is 61.5 Å². The third-order valence-corrected chi connectivity index (χ3v) is 4.42. The molecule has 3 atom stereocenters. The van der Waals surface area contributed by atoms with Crippen LogP contribution in [0.2, 0.25) is 0 Å². The highest BCUT2D eigenvalue weighted by Gasteiger charge is 2.31. The molecule has 2 N–H and O–H groups in total. The summed E-state index contributed by atoms with van der Waals surface area (Å²) in [6.45, 7) is 1.52. The number of piperidine rings is 1. The van der Waals surface area contributed by atoms with Crippen molar-refractivity contribution in [3.63, 3.8) is 0 Å². The Morgan fingerprint density at radius 1 is 1.18 bits per heavy atom. The summed E-state index contributed by atoms with van der Waals surface area (Å²) >= 11 is 0. The lowest BCUT2D eigenvalue weighted by Gasteiger charge is -2.37. The van der Waals surface area contributed by atoms with Crippen molar-refractivity contribution < 1.29 is 10.2 Å². The summed E-state index contributed by atoms with van der Waals surface area (Å²) in [5.74, 6) is 0.0991. The Labute approximate surface area is 130 Å². The number of aliphatic hydroxyl groups is 2. The van der Waals surface area contributed by atoms with E-state index in [-0.39, 0.29) is 5.92 Å². The highest BCUT2D eigenvalue weighted by molar-refractivity contribution is 5.17. The van der Waals surface area contributed by atoms with Gasteiger partial charge in [0.05, 0.1) is 5.69 Å². The van der Waals surface area contributed by atoms with Gasteiger partial charge in [-0.15, -0.1) is 0 Å². The SMILES string of the molecule is Cn1ccc([C@@H](O)C2CCCN(C(O)c3ccccc3)C2)n1. The van der Waals surface area contributed by atoms with E-state index in [9.17, 15) is 10.2 Å². The Hall–Kier alpha value is -1.69. The Balaban J connectivity index is 1.69. The van der Waals surface area contributed by atoms with Crippen molar-refractivity contribution in [1.82, 2.24) is 14.7 Å². The van der Waals surface area contributed by atoms with Crippen molar-refractivity contribution in [1.29, 1.82) is 0 Å². The lowest BCUT2D eigenvalue weighted by Crippen LogP contribution is -2.40. The predicted octanol–water partition coefficient (Wildman–Crippen LogP) is 1.86. The minimum atomic E-state index is -0.611. The first-order valence-electron chi connectivity index (χ1n) is 7.80. The largest absolute Gasteiger partial charge is 0.386 e. The van der Waals surface area contributed by atoms with Gasteiger partial charge >= 0.3 is 0 Å². The molecule has 0 aliphatic carbocycles. The van der Waals surface area contributed by atoms with Crippen molar-refractivity contribution >= 4 is 0 Å². The van der Waals surface area contributed by atoms with Crippen LogP contribution in [0.25, 0.3) is 0 Å². The third kappa shape index (κ3) is 3.21. The van der Waals surface area contributed by atoms with Gasteiger partial charge in [0.25, 0.3) is 0 Å². The fourth-order valence-electron chi connectivity index (χ4n) is 3.19. The quantitative estimate of drug-likeness (QED) is 0.905. The highest BCUT2D eigenvalue weighted by atomic mass is 16.3. The lowest BCUT2D eigenvalue weighted by molar-refractivity contribution is -0.0468. The normalized spacial score (nSPS) is 22.4. The molecule has 0 radical (unpaired) electrons. The summed E-state index contributed by atoms with van der Waals surface area (Å²) in [5.41, 5.74) is 1.61. The number of aliphatic hydroxyl groups excluding tert-OH is 2. The Bertz CT molecular complexity index is 599. The molecule has 1 fully saturated rings. The molecular formula is C17H23N3O2. The Kier molecular flexibility index (Phi) is 4.57. The van der Waals surface area contributed by atoms with Crippen LogP contribution in [0.5, 0.6) is 0 Å². The van der Waals surface area contributed by atoms with Crippen molar-refractivity contribution in [2.24, 2.45) is 13.0 Å². The summed E-state index contributed by atoms with van der Waals surface area (Å²) in [6, 6.07) is 11.5. The van der Waals surface area contributed by atoms with Crippen LogP contribution in [0, 0.1) is 5.92 Å². The summed E-state index contributed by atoms with van der Waals surface area (Å²) < 4.78 is 1.71. The first-order chi connectivity index (χ1) is 10.6. The molecule has 1 aromatic carbocycles. The van der Waals surface area contributed by atoms with Gasteiger partial charge in [-0.2, -0.15) is 5.10 Å². The van der Waals surface area contributed by atoms with Crippen LogP contribution in [-0.2, 0) is 7.05 Å². The number of aryl methyl sites for hydroxylation is 1. The molecule has 1 aliphatic rings. The first-order valence-corrected chi connectivity index (χ1v) is 7.80. The van der Waals surface area contributed by atoms with E-state index in [1.807, 2.05) is 54.5 Å². The van der Waals surface area contributed by atoms with E-state index in [1.54, 1.807) is 4.68 Å². The van der Waals surface area contributed by atoms with Gasteiger partial charge in [0.2, 0.25) is 0 Å². The van der Waals surface area contributed by atoms with Gasteiger partial charge in [-0.25, -0.2) is 0 Å². The molecule has 118 valence electrons. The number of rotatable bonds is 4. The number of benzene rings is 1. The maximum Gasteiger partial charge on any atom is 0.133 e. The number of hydrogen-bond donors (Lipinski definition) is 2. The van der Waals surface area contributed by atoms with Gasteiger partial charge in [0.1, 0.15) is 12.3 Å². The van der Waals surface area contributed by atoms with E-state index in [4.69, 9.17) is 0 Å². The van der Waals surface area contributed by atoms with Crippen LogP contribution >= 0.6 is 0 Å². The molecule has 0 saturated carbocycles. The molecule has 0 spiro atoms. The maximum atomic E-state index is 10.5. The summed E-state index contributed by atoms with van der Waals surface area (Å²) in [5, 5.41) is 25.4. The molecule has 22 heavy (non-hydrogen) atoms. The fourth-order valence-corrected chi connectivity index (χ4v) is 3.19. The van der Waals surface area contributed by atoms with Crippen molar-refractivity contribution in [2.45, 2.75) is 25.2 Å². The minimum Gasteiger partial charge on any atom is -0.386 e. The second kappa shape index (κ2) is 6.60. The second-order valence-corrected chi connectivity index (χ2v) is 6.04. The van der Waals surface area contributed by atoms with Crippen molar-refractivity contribution in [3.8, 4) is 0 Å². The standard InChI is InChI=1S/C17H23N3O2/c1-19-11-9-15(18-19)16(21)14-8-5-10-20(12-14)17(22)13-6-3-2-4-7-13/h2-4,6-7,9,11,14,16-17,21-22H,5,8,10,12H2,1H3/t14?,16-,17?/m0/s1. The van der Waals surface area contributed by atoms with Gasteiger partial charge in [-0.05, 0) is 24.5 Å². The average Bonchev–Trinajstić information content (AvgIpc) is 3.01. The molecule has 2 heterocycles. The predicted molar refractivity (Wildman–Crippen MR) is 83.9 cm³/mol. The highest BCUT2D eigenvalue weighted by Crippen LogP contribution is 2.32. The number of nitrogens with zero attached hydrogens (tertiary/aromatic N) is 3. The van der Waals surface area contributed by atoms with E-state index in [2.05, 4.69) is 5.10 Å². The monoisotopic (exact) mass is 301 g/mol. The zero-order valence-electron chi connectivity index (χ0n) is 12.8. The van der Waals surface area contributed by atoms with E-state index >= 15 is 0 Å². The third-order valence-electron chi connectivity index (χ3n) is 4.42. The lowest BCUT2D eigenvalue weighted by atomic mass is 9.90. The number of aromatic nitrogens is 2. The zero-order valence-corrected chi connectivity index (χ0v) is 12.8.